The third-order valence-corrected chi connectivity index (χ3v) is 4.03. The van der Waals surface area contributed by atoms with Gasteiger partial charge in [-0.2, -0.15) is 0 Å². The lowest BCUT2D eigenvalue weighted by atomic mass is 10.1. The number of para-hydroxylation sites is 1. The minimum Gasteiger partial charge on any atom is -0.366 e. The highest BCUT2D eigenvalue weighted by molar-refractivity contribution is 6.54. The van der Waals surface area contributed by atoms with Crippen LogP contribution in [-0.4, -0.2) is 24.1 Å². The van der Waals surface area contributed by atoms with Crippen molar-refractivity contribution < 1.29 is 9.59 Å². The molecule has 2 aromatic carbocycles. The van der Waals surface area contributed by atoms with Crippen LogP contribution in [0.4, 0.5) is 11.4 Å². The first-order chi connectivity index (χ1) is 11.6. The fourth-order valence-electron chi connectivity index (χ4n) is 2.74. The Labute approximate surface area is 140 Å². The molecule has 1 heterocycles. The Balaban J connectivity index is 1.98. The van der Waals surface area contributed by atoms with Gasteiger partial charge in [0.25, 0.3) is 5.91 Å². The van der Waals surface area contributed by atoms with Gasteiger partial charge in [-0.15, -0.1) is 0 Å². The third-order valence-electron chi connectivity index (χ3n) is 4.03. The molecule has 0 atom stereocenters. The Morgan fingerprint density at radius 3 is 2.50 bits per heavy atom. The zero-order chi connectivity index (χ0) is 17.1. The van der Waals surface area contributed by atoms with Gasteiger partial charge in [0.15, 0.2) is 0 Å². The van der Waals surface area contributed by atoms with Gasteiger partial charge in [-0.3, -0.25) is 9.59 Å². The van der Waals surface area contributed by atoms with Crippen LogP contribution in [0, 0.1) is 0 Å². The fourth-order valence-corrected chi connectivity index (χ4v) is 2.74. The number of carbonyl (C=O) groups is 2. The Hall–Kier alpha value is -2.95. The molecule has 0 unspecified atom stereocenters. The zero-order valence-electron chi connectivity index (χ0n) is 13.5. The standard InChI is InChI=1S/C19H19N3O2/c1-2-3-12-22-16-7-5-4-6-15(16)17(19(22)24)21-14-10-8-13(9-11-14)18(20)23/h4-11H,2-3,12H2,1H3,(H2,20,23). The second kappa shape index (κ2) is 6.66. The summed E-state index contributed by atoms with van der Waals surface area (Å²) >= 11 is 0. The number of hydrogen-bond donors (Lipinski definition) is 1. The molecule has 0 saturated heterocycles. The van der Waals surface area contributed by atoms with Crippen molar-refractivity contribution in [3.05, 3.63) is 59.7 Å². The van der Waals surface area contributed by atoms with E-state index in [0.29, 0.717) is 23.5 Å². The maximum atomic E-state index is 12.8. The number of fused-ring (bicyclic) bond motifs is 1. The van der Waals surface area contributed by atoms with Crippen LogP contribution in [0.25, 0.3) is 0 Å². The first-order valence-corrected chi connectivity index (χ1v) is 8.01. The van der Waals surface area contributed by atoms with Gasteiger partial charge < -0.3 is 10.6 Å². The molecule has 0 aromatic heterocycles. The van der Waals surface area contributed by atoms with Gasteiger partial charge in [0, 0.05) is 17.7 Å². The second-order valence-corrected chi connectivity index (χ2v) is 5.70. The molecule has 0 aliphatic carbocycles. The molecule has 0 radical (unpaired) electrons. The summed E-state index contributed by atoms with van der Waals surface area (Å²) in [7, 11) is 0. The molecule has 1 aliphatic rings. The number of aliphatic imine (C=N–C) groups is 1. The minimum atomic E-state index is -0.484. The summed E-state index contributed by atoms with van der Waals surface area (Å²) in [5.41, 5.74) is 8.47. The Bertz CT molecular complexity index is 810. The van der Waals surface area contributed by atoms with Crippen LogP contribution in [-0.2, 0) is 4.79 Å². The smallest absolute Gasteiger partial charge is 0.277 e. The fraction of sp³-hybridized carbons (Fsp3) is 0.211. The van der Waals surface area contributed by atoms with E-state index < -0.39 is 5.91 Å². The van der Waals surface area contributed by atoms with Crippen molar-refractivity contribution in [1.82, 2.24) is 0 Å². The van der Waals surface area contributed by atoms with Crippen LogP contribution in [0.5, 0.6) is 0 Å². The van der Waals surface area contributed by atoms with Crippen LogP contribution in [0.3, 0.4) is 0 Å². The van der Waals surface area contributed by atoms with Crippen LogP contribution in [0.15, 0.2) is 53.5 Å². The molecule has 2 aromatic rings. The van der Waals surface area contributed by atoms with E-state index >= 15 is 0 Å². The molecule has 2 amide bonds. The van der Waals surface area contributed by atoms with Gasteiger partial charge in [-0.05, 0) is 36.8 Å². The van der Waals surface area contributed by atoms with Gasteiger partial charge in [-0.25, -0.2) is 4.99 Å². The molecule has 5 heteroatoms. The first-order valence-electron chi connectivity index (χ1n) is 8.01. The van der Waals surface area contributed by atoms with E-state index in [9.17, 15) is 9.59 Å². The molecule has 1 aliphatic heterocycles. The zero-order valence-corrected chi connectivity index (χ0v) is 13.5. The number of rotatable bonds is 5. The molecule has 0 bridgehead atoms. The average Bonchev–Trinajstić information content (AvgIpc) is 2.85. The number of unbranched alkanes of at least 4 members (excludes halogenated alkanes) is 1. The number of benzene rings is 2. The number of hydrogen-bond acceptors (Lipinski definition) is 3. The summed E-state index contributed by atoms with van der Waals surface area (Å²) < 4.78 is 0. The van der Waals surface area contributed by atoms with Crippen LogP contribution < -0.4 is 10.6 Å². The average molecular weight is 321 g/mol. The SMILES string of the molecule is CCCCN1C(=O)C(=Nc2ccc(C(N)=O)cc2)c2ccccc21. The number of nitrogens with zero attached hydrogens (tertiary/aromatic N) is 2. The molecule has 5 nitrogen and oxygen atoms in total. The van der Waals surface area contributed by atoms with Crippen molar-refractivity contribution in [2.45, 2.75) is 19.8 Å². The largest absolute Gasteiger partial charge is 0.366 e. The van der Waals surface area contributed by atoms with E-state index in [1.807, 2.05) is 24.3 Å². The van der Waals surface area contributed by atoms with Crippen molar-refractivity contribution in [2.75, 3.05) is 11.4 Å². The molecule has 2 N–H and O–H groups in total. The molecule has 0 fully saturated rings. The molecular formula is C19H19N3O2. The van der Waals surface area contributed by atoms with Gasteiger partial charge in [-0.1, -0.05) is 31.5 Å². The second-order valence-electron chi connectivity index (χ2n) is 5.70. The predicted molar refractivity (Wildman–Crippen MR) is 94.9 cm³/mol. The van der Waals surface area contributed by atoms with Crippen LogP contribution in [0.1, 0.15) is 35.7 Å². The summed E-state index contributed by atoms with van der Waals surface area (Å²) in [6.07, 6.45) is 1.97. The molecule has 122 valence electrons. The highest BCUT2D eigenvalue weighted by Gasteiger charge is 2.33. The minimum absolute atomic E-state index is 0.0800. The number of carbonyl (C=O) groups excluding carboxylic acids is 2. The molecular weight excluding hydrogens is 302 g/mol. The number of nitrogens with two attached hydrogens (primary N) is 1. The summed E-state index contributed by atoms with van der Waals surface area (Å²) in [6.45, 7) is 2.79. The van der Waals surface area contributed by atoms with E-state index in [2.05, 4.69) is 11.9 Å². The number of amides is 2. The Morgan fingerprint density at radius 2 is 1.83 bits per heavy atom. The van der Waals surface area contributed by atoms with Gasteiger partial charge in [0.05, 0.1) is 11.4 Å². The highest BCUT2D eigenvalue weighted by Crippen LogP contribution is 2.31. The summed E-state index contributed by atoms with van der Waals surface area (Å²) in [5.74, 6) is -0.564. The van der Waals surface area contributed by atoms with Crippen molar-refractivity contribution in [2.24, 2.45) is 10.7 Å². The maximum Gasteiger partial charge on any atom is 0.277 e. The van der Waals surface area contributed by atoms with Crippen molar-refractivity contribution in [3.63, 3.8) is 0 Å². The Kier molecular flexibility index (Phi) is 4.42. The van der Waals surface area contributed by atoms with Crippen molar-refractivity contribution in [1.29, 1.82) is 0 Å². The lowest BCUT2D eigenvalue weighted by molar-refractivity contribution is -0.112. The van der Waals surface area contributed by atoms with Gasteiger partial charge in [0.1, 0.15) is 5.71 Å². The van der Waals surface area contributed by atoms with Gasteiger partial charge >= 0.3 is 0 Å². The Morgan fingerprint density at radius 1 is 1.12 bits per heavy atom. The predicted octanol–water partition coefficient (Wildman–Crippen LogP) is 3.05. The lowest BCUT2D eigenvalue weighted by Gasteiger charge is -2.15. The van der Waals surface area contributed by atoms with Gasteiger partial charge in [0.2, 0.25) is 5.91 Å². The maximum absolute atomic E-state index is 12.8. The number of primary amides is 1. The highest BCUT2D eigenvalue weighted by atomic mass is 16.2. The topological polar surface area (TPSA) is 75.8 Å². The van der Waals surface area contributed by atoms with Crippen LogP contribution >= 0.6 is 0 Å². The summed E-state index contributed by atoms with van der Waals surface area (Å²) in [5, 5.41) is 0. The number of anilines is 1. The van der Waals surface area contributed by atoms with E-state index in [-0.39, 0.29) is 5.91 Å². The van der Waals surface area contributed by atoms with Crippen molar-refractivity contribution >= 4 is 28.9 Å². The monoisotopic (exact) mass is 321 g/mol. The molecule has 24 heavy (non-hydrogen) atoms. The lowest BCUT2D eigenvalue weighted by Crippen LogP contribution is -2.30. The van der Waals surface area contributed by atoms with E-state index in [1.54, 1.807) is 29.2 Å². The summed E-state index contributed by atoms with van der Waals surface area (Å²) in [6, 6.07) is 14.3. The van der Waals surface area contributed by atoms with Crippen molar-refractivity contribution in [3.8, 4) is 0 Å². The van der Waals surface area contributed by atoms with E-state index in [0.717, 1.165) is 24.1 Å². The normalized spacial score (nSPS) is 15.0. The quantitative estimate of drug-likeness (QED) is 0.919. The van der Waals surface area contributed by atoms with E-state index in [1.165, 1.54) is 0 Å². The molecule has 3 rings (SSSR count). The van der Waals surface area contributed by atoms with E-state index in [4.69, 9.17) is 5.73 Å². The molecule has 0 spiro atoms. The summed E-state index contributed by atoms with van der Waals surface area (Å²) in [4.78, 5) is 30.2. The van der Waals surface area contributed by atoms with Crippen LogP contribution in [0.2, 0.25) is 0 Å². The first kappa shape index (κ1) is 15.9. The molecule has 0 saturated carbocycles. The third kappa shape index (κ3) is 2.93.